The maximum absolute atomic E-state index is 11.1. The first-order valence-electron chi connectivity index (χ1n) is 6.48. The third-order valence-electron chi connectivity index (χ3n) is 2.94. The summed E-state index contributed by atoms with van der Waals surface area (Å²) in [6.45, 7) is 2.35. The second-order valence-electron chi connectivity index (χ2n) is 4.60. The Balaban J connectivity index is 2.11. The van der Waals surface area contributed by atoms with Gasteiger partial charge in [-0.15, -0.1) is 11.3 Å². The van der Waals surface area contributed by atoms with Crippen molar-refractivity contribution >= 4 is 38.9 Å². The average Bonchev–Trinajstić information content (AvgIpc) is 2.75. The quantitative estimate of drug-likeness (QED) is 0.462. The van der Waals surface area contributed by atoms with Crippen molar-refractivity contribution in [2.24, 2.45) is 0 Å². The number of aliphatic carboxylic acids is 1. The molecule has 2 aromatic rings. The van der Waals surface area contributed by atoms with Gasteiger partial charge in [0.05, 0.1) is 20.1 Å². The van der Waals surface area contributed by atoms with E-state index in [4.69, 9.17) is 5.11 Å². The highest BCUT2D eigenvalue weighted by Gasteiger charge is 2.16. The SMILES string of the molecule is Cc1nc2cc(NCCCCC(=O)O)c([N+](=O)[O-])cc2s1. The Labute approximate surface area is 124 Å². The number of aryl methyl sites for hydroxylation is 1. The Morgan fingerprint density at radius 3 is 2.90 bits per heavy atom. The van der Waals surface area contributed by atoms with Gasteiger partial charge in [0.15, 0.2) is 0 Å². The number of unbranched alkanes of at least 4 members (excludes halogenated alkanes) is 1. The van der Waals surface area contributed by atoms with Crippen molar-refractivity contribution in [2.45, 2.75) is 26.2 Å². The van der Waals surface area contributed by atoms with Crippen molar-refractivity contribution < 1.29 is 14.8 Å². The second-order valence-corrected chi connectivity index (χ2v) is 5.84. The normalized spacial score (nSPS) is 10.7. The molecular formula is C13H15N3O4S. The van der Waals surface area contributed by atoms with Crippen molar-refractivity contribution in [3.8, 4) is 0 Å². The van der Waals surface area contributed by atoms with Crippen molar-refractivity contribution in [3.05, 3.63) is 27.3 Å². The number of rotatable bonds is 7. The third-order valence-corrected chi connectivity index (χ3v) is 3.88. The van der Waals surface area contributed by atoms with E-state index >= 15 is 0 Å². The van der Waals surface area contributed by atoms with Crippen LogP contribution in [0.15, 0.2) is 12.1 Å². The first-order valence-corrected chi connectivity index (χ1v) is 7.30. The second kappa shape index (κ2) is 6.49. The van der Waals surface area contributed by atoms with Crippen LogP contribution in [0.5, 0.6) is 0 Å². The third kappa shape index (κ3) is 3.88. The van der Waals surface area contributed by atoms with Gasteiger partial charge in [-0.1, -0.05) is 0 Å². The molecule has 0 saturated heterocycles. The molecule has 2 N–H and O–H groups in total. The van der Waals surface area contributed by atoms with Crippen LogP contribution in [0.4, 0.5) is 11.4 Å². The fourth-order valence-corrected chi connectivity index (χ4v) is 2.84. The molecule has 0 saturated carbocycles. The smallest absolute Gasteiger partial charge is 0.303 e. The van der Waals surface area contributed by atoms with Gasteiger partial charge in [0.1, 0.15) is 5.69 Å². The first kappa shape index (κ1) is 15.2. The molecule has 0 bridgehead atoms. The number of nitro benzene ring substituents is 1. The Hall–Kier alpha value is -2.22. The van der Waals surface area contributed by atoms with E-state index in [0.717, 1.165) is 15.2 Å². The van der Waals surface area contributed by atoms with E-state index in [1.54, 1.807) is 6.07 Å². The average molecular weight is 309 g/mol. The summed E-state index contributed by atoms with van der Waals surface area (Å²) in [5.41, 5.74) is 1.17. The van der Waals surface area contributed by atoms with Gasteiger partial charge >= 0.3 is 5.97 Å². The summed E-state index contributed by atoms with van der Waals surface area (Å²) in [4.78, 5) is 25.4. The van der Waals surface area contributed by atoms with Crippen LogP contribution in [-0.4, -0.2) is 27.5 Å². The van der Waals surface area contributed by atoms with Crippen LogP contribution >= 0.6 is 11.3 Å². The van der Waals surface area contributed by atoms with E-state index in [1.807, 2.05) is 6.92 Å². The topological polar surface area (TPSA) is 105 Å². The molecule has 21 heavy (non-hydrogen) atoms. The van der Waals surface area contributed by atoms with Gasteiger partial charge in [-0.2, -0.15) is 0 Å². The van der Waals surface area contributed by atoms with Gasteiger partial charge in [-0.3, -0.25) is 14.9 Å². The number of thiazole rings is 1. The molecule has 1 aromatic carbocycles. The number of carboxylic acid groups (broad SMARTS) is 1. The molecule has 0 fully saturated rings. The number of carbonyl (C=O) groups is 1. The number of nitrogens with zero attached hydrogens (tertiary/aromatic N) is 2. The summed E-state index contributed by atoms with van der Waals surface area (Å²) in [7, 11) is 0. The molecular weight excluding hydrogens is 294 g/mol. The molecule has 0 atom stereocenters. The van der Waals surface area contributed by atoms with Crippen LogP contribution in [0.1, 0.15) is 24.3 Å². The molecule has 0 aliphatic rings. The van der Waals surface area contributed by atoms with Crippen molar-refractivity contribution in [2.75, 3.05) is 11.9 Å². The number of fused-ring (bicyclic) bond motifs is 1. The number of anilines is 1. The zero-order chi connectivity index (χ0) is 15.4. The first-order chi connectivity index (χ1) is 9.97. The summed E-state index contributed by atoms with van der Waals surface area (Å²) in [6.07, 6.45) is 1.28. The minimum absolute atomic E-state index is 0.0179. The molecule has 7 nitrogen and oxygen atoms in total. The fourth-order valence-electron chi connectivity index (χ4n) is 2.00. The lowest BCUT2D eigenvalue weighted by Gasteiger charge is -2.06. The molecule has 0 radical (unpaired) electrons. The predicted octanol–water partition coefficient (Wildman–Crippen LogP) is 3.18. The zero-order valence-corrected chi connectivity index (χ0v) is 12.3. The van der Waals surface area contributed by atoms with Gasteiger partial charge in [-0.25, -0.2) is 4.98 Å². The standard InChI is InChI=1S/C13H15N3O4S/c1-8-15-10-6-9(14-5-3-2-4-13(17)18)11(16(19)20)7-12(10)21-8/h6-7,14H,2-5H2,1H3,(H,17,18). The molecule has 0 aliphatic carbocycles. The van der Waals surface area contributed by atoms with E-state index in [9.17, 15) is 14.9 Å². The summed E-state index contributed by atoms with van der Waals surface area (Å²) in [5.74, 6) is -0.833. The lowest BCUT2D eigenvalue weighted by molar-refractivity contribution is -0.383. The molecule has 0 spiro atoms. The molecule has 1 aromatic heterocycles. The van der Waals surface area contributed by atoms with Crippen molar-refractivity contribution in [1.29, 1.82) is 0 Å². The Morgan fingerprint density at radius 2 is 2.24 bits per heavy atom. The van der Waals surface area contributed by atoms with Crippen LogP contribution in [0, 0.1) is 17.0 Å². The summed E-state index contributed by atoms with van der Waals surface area (Å²) in [6, 6.07) is 3.20. The van der Waals surface area contributed by atoms with Gasteiger partial charge in [0.2, 0.25) is 0 Å². The molecule has 0 aliphatic heterocycles. The van der Waals surface area contributed by atoms with Crippen LogP contribution in [0.2, 0.25) is 0 Å². The zero-order valence-electron chi connectivity index (χ0n) is 11.5. The highest BCUT2D eigenvalue weighted by Crippen LogP contribution is 2.32. The van der Waals surface area contributed by atoms with Crippen molar-refractivity contribution in [3.63, 3.8) is 0 Å². The van der Waals surface area contributed by atoms with E-state index < -0.39 is 10.9 Å². The van der Waals surface area contributed by atoms with E-state index in [0.29, 0.717) is 25.1 Å². The van der Waals surface area contributed by atoms with Crippen LogP contribution < -0.4 is 5.32 Å². The predicted molar refractivity (Wildman–Crippen MR) is 81.0 cm³/mol. The van der Waals surface area contributed by atoms with Gasteiger partial charge in [0, 0.05) is 19.0 Å². The molecule has 0 unspecified atom stereocenters. The molecule has 112 valence electrons. The summed E-state index contributed by atoms with van der Waals surface area (Å²) in [5, 5.41) is 23.5. The number of nitro groups is 1. The Bertz CT molecular complexity index is 683. The molecule has 1 heterocycles. The van der Waals surface area contributed by atoms with Gasteiger partial charge < -0.3 is 10.4 Å². The maximum Gasteiger partial charge on any atom is 0.303 e. The molecule has 2 rings (SSSR count). The largest absolute Gasteiger partial charge is 0.481 e. The van der Waals surface area contributed by atoms with Crippen LogP contribution in [0.25, 0.3) is 10.2 Å². The summed E-state index contributed by atoms with van der Waals surface area (Å²) >= 11 is 1.42. The Morgan fingerprint density at radius 1 is 1.48 bits per heavy atom. The summed E-state index contributed by atoms with van der Waals surface area (Å²) < 4.78 is 0.788. The highest BCUT2D eigenvalue weighted by molar-refractivity contribution is 7.18. The number of hydrogen-bond donors (Lipinski definition) is 2. The minimum Gasteiger partial charge on any atom is -0.481 e. The maximum atomic E-state index is 11.1. The van der Waals surface area contributed by atoms with E-state index in [1.165, 1.54) is 17.4 Å². The minimum atomic E-state index is -0.833. The van der Waals surface area contributed by atoms with E-state index in [-0.39, 0.29) is 12.1 Å². The highest BCUT2D eigenvalue weighted by atomic mass is 32.1. The lowest BCUT2D eigenvalue weighted by atomic mass is 10.2. The number of benzene rings is 1. The van der Waals surface area contributed by atoms with Gasteiger partial charge in [0.25, 0.3) is 5.69 Å². The van der Waals surface area contributed by atoms with E-state index in [2.05, 4.69) is 10.3 Å². The fraction of sp³-hybridized carbons (Fsp3) is 0.385. The van der Waals surface area contributed by atoms with Crippen LogP contribution in [-0.2, 0) is 4.79 Å². The Kier molecular flexibility index (Phi) is 4.69. The van der Waals surface area contributed by atoms with Gasteiger partial charge in [-0.05, 0) is 25.8 Å². The van der Waals surface area contributed by atoms with Crippen molar-refractivity contribution in [1.82, 2.24) is 4.98 Å². The number of aromatic nitrogens is 1. The van der Waals surface area contributed by atoms with Crippen LogP contribution in [0.3, 0.4) is 0 Å². The lowest BCUT2D eigenvalue weighted by Crippen LogP contribution is -2.05. The molecule has 8 heteroatoms. The number of nitrogens with one attached hydrogen (secondary N) is 1. The number of carboxylic acids is 1. The number of hydrogen-bond acceptors (Lipinski definition) is 6. The molecule has 0 amide bonds. The monoisotopic (exact) mass is 309 g/mol.